The number of ether oxygens (including phenoxy) is 1. The van der Waals surface area contributed by atoms with Crippen molar-refractivity contribution < 1.29 is 9.53 Å². The second kappa shape index (κ2) is 5.86. The third-order valence-electron chi connectivity index (χ3n) is 3.52. The molecule has 1 fully saturated rings. The summed E-state index contributed by atoms with van der Waals surface area (Å²) in [6.45, 7) is 5.80. The van der Waals surface area contributed by atoms with Crippen molar-refractivity contribution in [3.05, 3.63) is 16.9 Å². The molecule has 0 amide bonds. The maximum absolute atomic E-state index is 11.9. The van der Waals surface area contributed by atoms with Crippen LogP contribution in [-0.2, 0) is 9.53 Å². The van der Waals surface area contributed by atoms with Gasteiger partial charge in [0, 0.05) is 25.5 Å². The summed E-state index contributed by atoms with van der Waals surface area (Å²) in [4.78, 5) is 22.6. The van der Waals surface area contributed by atoms with Crippen molar-refractivity contribution in [3.8, 4) is 0 Å². The molecule has 6 heteroatoms. The lowest BCUT2D eigenvalue weighted by molar-refractivity contribution is -0.155. The maximum atomic E-state index is 11.9. The molecule has 5 nitrogen and oxygen atoms in total. The van der Waals surface area contributed by atoms with E-state index in [1.165, 1.54) is 0 Å². The van der Waals surface area contributed by atoms with Crippen molar-refractivity contribution in [1.82, 2.24) is 9.97 Å². The molecule has 1 aliphatic heterocycles. The molecule has 1 aliphatic rings. The summed E-state index contributed by atoms with van der Waals surface area (Å²) in [5, 5.41) is 0. The third-order valence-corrected chi connectivity index (χ3v) is 3.93. The number of rotatable bonds is 3. The Morgan fingerprint density at radius 1 is 1.42 bits per heavy atom. The monoisotopic (exact) mass is 327 g/mol. The van der Waals surface area contributed by atoms with Gasteiger partial charge in [-0.15, -0.1) is 0 Å². The van der Waals surface area contributed by atoms with Gasteiger partial charge in [-0.3, -0.25) is 4.79 Å². The number of halogens is 1. The smallest absolute Gasteiger partial charge is 0.311 e. The fourth-order valence-electron chi connectivity index (χ4n) is 2.18. The molecule has 0 aromatic carbocycles. The van der Waals surface area contributed by atoms with E-state index in [-0.39, 0.29) is 11.4 Å². The third kappa shape index (κ3) is 3.23. The van der Waals surface area contributed by atoms with Gasteiger partial charge in [0.1, 0.15) is 0 Å². The molecule has 2 rings (SSSR count). The number of carbonyl (C=O) groups is 1. The van der Waals surface area contributed by atoms with E-state index in [1.54, 1.807) is 12.4 Å². The zero-order chi connectivity index (χ0) is 13.9. The van der Waals surface area contributed by atoms with E-state index in [0.717, 1.165) is 30.4 Å². The van der Waals surface area contributed by atoms with E-state index < -0.39 is 0 Å². The molecule has 1 aromatic heterocycles. The number of piperidine rings is 1. The normalized spacial score (nSPS) is 18.2. The molecule has 0 saturated carbocycles. The van der Waals surface area contributed by atoms with Crippen LogP contribution < -0.4 is 4.90 Å². The number of aromatic nitrogens is 2. The molecule has 1 saturated heterocycles. The molecule has 0 radical (unpaired) electrons. The topological polar surface area (TPSA) is 55.3 Å². The lowest BCUT2D eigenvalue weighted by Crippen LogP contribution is -2.44. The number of anilines is 1. The summed E-state index contributed by atoms with van der Waals surface area (Å²) >= 11 is 3.32. The fourth-order valence-corrected chi connectivity index (χ4v) is 2.38. The first-order valence-corrected chi connectivity index (χ1v) is 7.24. The summed E-state index contributed by atoms with van der Waals surface area (Å²) in [5.74, 6) is 0.625. The first-order chi connectivity index (χ1) is 9.05. The van der Waals surface area contributed by atoms with Crippen molar-refractivity contribution in [3.63, 3.8) is 0 Å². The Kier molecular flexibility index (Phi) is 4.39. The van der Waals surface area contributed by atoms with Gasteiger partial charge in [0.2, 0.25) is 5.95 Å². The zero-order valence-corrected chi connectivity index (χ0v) is 12.8. The minimum Gasteiger partial charge on any atom is -0.466 e. The summed E-state index contributed by atoms with van der Waals surface area (Å²) in [6, 6.07) is 0. The van der Waals surface area contributed by atoms with Crippen LogP contribution in [0.3, 0.4) is 0 Å². The average molecular weight is 328 g/mol. The number of hydrogen-bond acceptors (Lipinski definition) is 5. The van der Waals surface area contributed by atoms with Crippen LogP contribution in [0.25, 0.3) is 0 Å². The number of hydrogen-bond donors (Lipinski definition) is 0. The van der Waals surface area contributed by atoms with Crippen LogP contribution in [0.2, 0.25) is 0 Å². The predicted octanol–water partition coefficient (Wildman–Crippen LogP) is 2.41. The van der Waals surface area contributed by atoms with E-state index in [9.17, 15) is 4.79 Å². The predicted molar refractivity (Wildman–Crippen MR) is 75.9 cm³/mol. The second-order valence-electron chi connectivity index (χ2n) is 4.97. The van der Waals surface area contributed by atoms with Crippen molar-refractivity contribution in [2.45, 2.75) is 26.7 Å². The highest BCUT2D eigenvalue weighted by atomic mass is 79.9. The van der Waals surface area contributed by atoms with Crippen LogP contribution in [0.15, 0.2) is 16.9 Å². The summed E-state index contributed by atoms with van der Waals surface area (Å²) in [6.07, 6.45) is 5.01. The first kappa shape index (κ1) is 14.2. The van der Waals surface area contributed by atoms with Gasteiger partial charge in [0.15, 0.2) is 0 Å². The number of carbonyl (C=O) groups excluding carboxylic acids is 1. The Morgan fingerprint density at radius 3 is 2.53 bits per heavy atom. The molecular weight excluding hydrogens is 310 g/mol. The van der Waals surface area contributed by atoms with Crippen LogP contribution in [0.4, 0.5) is 5.95 Å². The SMILES string of the molecule is CCOC(=O)C1(C)CCN(c2ncc(Br)cn2)CC1. The molecule has 0 aliphatic carbocycles. The first-order valence-electron chi connectivity index (χ1n) is 6.45. The van der Waals surface area contributed by atoms with Crippen LogP contribution in [0.1, 0.15) is 26.7 Å². The summed E-state index contributed by atoms with van der Waals surface area (Å²) in [5.41, 5.74) is -0.373. The Bertz CT molecular complexity index is 442. The van der Waals surface area contributed by atoms with E-state index in [4.69, 9.17) is 4.74 Å². The molecule has 0 atom stereocenters. The largest absolute Gasteiger partial charge is 0.466 e. The van der Waals surface area contributed by atoms with Gasteiger partial charge in [0.25, 0.3) is 0 Å². The highest BCUT2D eigenvalue weighted by molar-refractivity contribution is 9.10. The molecule has 19 heavy (non-hydrogen) atoms. The van der Waals surface area contributed by atoms with E-state index in [1.807, 2.05) is 13.8 Å². The Balaban J connectivity index is 1.99. The molecular formula is C13H18BrN3O2. The molecule has 0 N–H and O–H groups in total. The van der Waals surface area contributed by atoms with Gasteiger partial charge < -0.3 is 9.64 Å². The van der Waals surface area contributed by atoms with Gasteiger partial charge in [0.05, 0.1) is 16.5 Å². The van der Waals surface area contributed by atoms with Crippen molar-refractivity contribution >= 4 is 27.8 Å². The number of esters is 1. The molecule has 0 spiro atoms. The summed E-state index contributed by atoms with van der Waals surface area (Å²) < 4.78 is 6.01. The Morgan fingerprint density at radius 2 is 2.00 bits per heavy atom. The number of nitrogens with zero attached hydrogens (tertiary/aromatic N) is 3. The quantitative estimate of drug-likeness (QED) is 0.798. The lowest BCUT2D eigenvalue weighted by Gasteiger charge is -2.37. The lowest BCUT2D eigenvalue weighted by atomic mass is 9.80. The van der Waals surface area contributed by atoms with Crippen molar-refractivity contribution in [2.24, 2.45) is 5.41 Å². The van der Waals surface area contributed by atoms with Gasteiger partial charge in [-0.25, -0.2) is 9.97 Å². The fraction of sp³-hybridized carbons (Fsp3) is 0.615. The standard InChI is InChI=1S/C13H18BrN3O2/c1-3-19-11(18)13(2)4-6-17(7-5-13)12-15-8-10(14)9-16-12/h8-9H,3-7H2,1-2H3. The molecule has 2 heterocycles. The maximum Gasteiger partial charge on any atom is 0.311 e. The summed E-state index contributed by atoms with van der Waals surface area (Å²) in [7, 11) is 0. The van der Waals surface area contributed by atoms with Crippen molar-refractivity contribution in [1.29, 1.82) is 0 Å². The second-order valence-corrected chi connectivity index (χ2v) is 5.89. The van der Waals surface area contributed by atoms with Crippen LogP contribution in [-0.4, -0.2) is 35.6 Å². The van der Waals surface area contributed by atoms with Gasteiger partial charge in [-0.2, -0.15) is 0 Å². The highest BCUT2D eigenvalue weighted by Gasteiger charge is 2.38. The molecule has 0 unspecified atom stereocenters. The van der Waals surface area contributed by atoms with E-state index in [2.05, 4.69) is 30.8 Å². The van der Waals surface area contributed by atoms with E-state index >= 15 is 0 Å². The van der Waals surface area contributed by atoms with Gasteiger partial charge in [-0.1, -0.05) is 0 Å². The molecule has 0 bridgehead atoms. The highest BCUT2D eigenvalue weighted by Crippen LogP contribution is 2.33. The van der Waals surface area contributed by atoms with E-state index in [0.29, 0.717) is 12.6 Å². The van der Waals surface area contributed by atoms with Crippen LogP contribution >= 0.6 is 15.9 Å². The minimum atomic E-state index is -0.373. The average Bonchev–Trinajstić information content (AvgIpc) is 2.41. The van der Waals surface area contributed by atoms with Crippen molar-refractivity contribution in [2.75, 3.05) is 24.6 Å². The van der Waals surface area contributed by atoms with Crippen LogP contribution in [0.5, 0.6) is 0 Å². The minimum absolute atomic E-state index is 0.0913. The van der Waals surface area contributed by atoms with Crippen LogP contribution in [0, 0.1) is 5.41 Å². The zero-order valence-electron chi connectivity index (χ0n) is 11.2. The Hall–Kier alpha value is -1.17. The Labute approximate surface area is 121 Å². The van der Waals surface area contributed by atoms with Gasteiger partial charge >= 0.3 is 5.97 Å². The molecule has 1 aromatic rings. The van der Waals surface area contributed by atoms with Gasteiger partial charge in [-0.05, 0) is 42.6 Å². The molecule has 104 valence electrons.